The van der Waals surface area contributed by atoms with E-state index in [0.717, 1.165) is 25.8 Å². The van der Waals surface area contributed by atoms with Gasteiger partial charge in [-0.2, -0.15) is 0 Å². The van der Waals surface area contributed by atoms with Crippen LogP contribution in [-0.4, -0.2) is 28.4 Å². The van der Waals surface area contributed by atoms with Crippen molar-refractivity contribution in [1.29, 1.82) is 0 Å². The molecule has 1 amide bonds. The Bertz CT molecular complexity index is 332. The van der Waals surface area contributed by atoms with E-state index in [9.17, 15) is 4.79 Å². The Morgan fingerprint density at radius 3 is 2.35 bits per heavy atom. The molecule has 0 unspecified atom stereocenters. The molecule has 0 aromatic carbocycles. The smallest absolute Gasteiger partial charge is 0.235 e. The van der Waals surface area contributed by atoms with Crippen molar-refractivity contribution in [2.45, 2.75) is 52.0 Å². The first-order valence-electron chi connectivity index (χ1n) is 6.58. The molecule has 96 valence electrons. The Balaban J connectivity index is 2.11. The predicted octanol–water partition coefficient (Wildman–Crippen LogP) is 2.09. The van der Waals surface area contributed by atoms with Crippen molar-refractivity contribution in [2.75, 3.05) is 6.54 Å². The molecule has 0 aromatic rings. The summed E-state index contributed by atoms with van der Waals surface area (Å²) in [5, 5.41) is 0. The second-order valence-electron chi connectivity index (χ2n) is 5.79. The van der Waals surface area contributed by atoms with Gasteiger partial charge in [-0.15, -0.1) is 0 Å². The van der Waals surface area contributed by atoms with Crippen molar-refractivity contribution in [3.63, 3.8) is 0 Å². The second kappa shape index (κ2) is 4.56. The number of hydrogen-bond acceptors (Lipinski definition) is 2. The lowest BCUT2D eigenvalue weighted by Gasteiger charge is -2.44. The molecule has 17 heavy (non-hydrogen) atoms. The average Bonchev–Trinajstić information content (AvgIpc) is 2.93. The van der Waals surface area contributed by atoms with Gasteiger partial charge >= 0.3 is 0 Å². The number of thiocarbonyl (C=S) groups is 1. The van der Waals surface area contributed by atoms with Gasteiger partial charge in [0, 0.05) is 12.6 Å². The number of carbonyl (C=O) groups excluding carboxylic acids is 1. The van der Waals surface area contributed by atoms with E-state index in [1.807, 2.05) is 4.90 Å². The first-order valence-corrected chi connectivity index (χ1v) is 6.99. The van der Waals surface area contributed by atoms with E-state index in [-0.39, 0.29) is 11.9 Å². The van der Waals surface area contributed by atoms with Gasteiger partial charge in [0.05, 0.1) is 10.4 Å². The van der Waals surface area contributed by atoms with Crippen LogP contribution in [0.3, 0.4) is 0 Å². The summed E-state index contributed by atoms with van der Waals surface area (Å²) in [6.45, 7) is 5.04. The normalized spacial score (nSPS) is 22.1. The fraction of sp³-hybridized carbons (Fsp3) is 0.846. The average molecular weight is 254 g/mol. The van der Waals surface area contributed by atoms with Crippen LogP contribution in [0.2, 0.25) is 0 Å². The minimum Gasteiger partial charge on any atom is -0.392 e. The Labute approximate surface area is 109 Å². The molecule has 0 aliphatic heterocycles. The van der Waals surface area contributed by atoms with E-state index in [4.69, 9.17) is 18.0 Å². The molecule has 0 spiro atoms. The topological polar surface area (TPSA) is 46.3 Å². The summed E-state index contributed by atoms with van der Waals surface area (Å²) in [6.07, 6.45) is 5.27. The maximum atomic E-state index is 12.7. The molecule has 2 saturated carbocycles. The Hall–Kier alpha value is -0.640. The Morgan fingerprint density at radius 2 is 2.06 bits per heavy atom. The monoisotopic (exact) mass is 254 g/mol. The minimum absolute atomic E-state index is 0.179. The third-order valence-electron chi connectivity index (χ3n) is 4.12. The molecular weight excluding hydrogens is 232 g/mol. The maximum Gasteiger partial charge on any atom is 0.235 e. The lowest BCUT2D eigenvalue weighted by molar-refractivity contribution is -0.144. The molecule has 0 heterocycles. The van der Waals surface area contributed by atoms with Gasteiger partial charge in [-0.1, -0.05) is 18.6 Å². The maximum absolute atomic E-state index is 12.7. The van der Waals surface area contributed by atoms with E-state index in [2.05, 4.69) is 13.8 Å². The van der Waals surface area contributed by atoms with E-state index in [1.165, 1.54) is 12.8 Å². The zero-order valence-electron chi connectivity index (χ0n) is 10.7. The fourth-order valence-corrected chi connectivity index (χ4v) is 2.77. The molecule has 0 atom stereocenters. The molecule has 2 N–H and O–H groups in total. The summed E-state index contributed by atoms with van der Waals surface area (Å²) >= 11 is 5.12. The van der Waals surface area contributed by atoms with Gasteiger partial charge < -0.3 is 10.6 Å². The summed E-state index contributed by atoms with van der Waals surface area (Å²) < 4.78 is 0. The molecule has 0 bridgehead atoms. The highest BCUT2D eigenvalue weighted by Gasteiger charge is 2.49. The lowest BCUT2D eigenvalue weighted by atomic mass is 9.67. The van der Waals surface area contributed by atoms with Crippen molar-refractivity contribution < 1.29 is 4.79 Å². The van der Waals surface area contributed by atoms with Crippen molar-refractivity contribution >= 4 is 23.1 Å². The van der Waals surface area contributed by atoms with Crippen LogP contribution in [0.4, 0.5) is 0 Å². The van der Waals surface area contributed by atoms with Gasteiger partial charge in [0.25, 0.3) is 0 Å². The van der Waals surface area contributed by atoms with E-state index in [0.29, 0.717) is 10.9 Å². The van der Waals surface area contributed by atoms with Crippen LogP contribution in [0.1, 0.15) is 46.0 Å². The molecule has 4 heteroatoms. The first kappa shape index (κ1) is 12.8. The Kier molecular flexibility index (Phi) is 3.43. The van der Waals surface area contributed by atoms with Crippen molar-refractivity contribution in [3.8, 4) is 0 Å². The predicted molar refractivity (Wildman–Crippen MR) is 72.6 cm³/mol. The number of nitrogens with two attached hydrogens (primary N) is 1. The molecule has 0 radical (unpaired) electrons. The SMILES string of the molecule is CC(C)N(CC1CC1)C(=O)C1(C(N)=S)CCC1. The van der Waals surface area contributed by atoms with Crippen LogP contribution in [0, 0.1) is 11.3 Å². The van der Waals surface area contributed by atoms with E-state index in [1.54, 1.807) is 0 Å². The number of rotatable bonds is 5. The van der Waals surface area contributed by atoms with Gasteiger partial charge in [-0.3, -0.25) is 4.79 Å². The molecule has 0 aromatic heterocycles. The molecule has 0 saturated heterocycles. The van der Waals surface area contributed by atoms with Crippen LogP contribution in [0.15, 0.2) is 0 Å². The van der Waals surface area contributed by atoms with Crippen LogP contribution < -0.4 is 5.73 Å². The molecule has 2 aliphatic carbocycles. The summed E-state index contributed by atoms with van der Waals surface area (Å²) in [7, 11) is 0. The van der Waals surface area contributed by atoms with E-state index >= 15 is 0 Å². The number of nitrogens with zero attached hydrogens (tertiary/aromatic N) is 1. The van der Waals surface area contributed by atoms with Crippen LogP contribution in [0.25, 0.3) is 0 Å². The molecule has 2 aliphatic rings. The third-order valence-corrected chi connectivity index (χ3v) is 4.51. The van der Waals surface area contributed by atoms with Crippen molar-refractivity contribution in [2.24, 2.45) is 17.1 Å². The number of carbonyl (C=O) groups is 1. The summed E-state index contributed by atoms with van der Waals surface area (Å²) in [5.41, 5.74) is 5.30. The molecule has 2 fully saturated rings. The molecule has 3 nitrogen and oxygen atoms in total. The zero-order chi connectivity index (χ0) is 12.6. The van der Waals surface area contributed by atoms with Crippen LogP contribution in [-0.2, 0) is 4.79 Å². The minimum atomic E-state index is -0.505. The van der Waals surface area contributed by atoms with Gasteiger partial charge in [0.15, 0.2) is 0 Å². The van der Waals surface area contributed by atoms with Crippen molar-refractivity contribution in [3.05, 3.63) is 0 Å². The highest BCUT2D eigenvalue weighted by atomic mass is 32.1. The Morgan fingerprint density at radius 1 is 1.47 bits per heavy atom. The standard InChI is InChI=1S/C13H22N2OS/c1-9(2)15(8-10-4-5-10)12(16)13(11(14)17)6-3-7-13/h9-10H,3-8H2,1-2H3,(H2,14,17). The number of hydrogen-bond donors (Lipinski definition) is 1. The van der Waals surface area contributed by atoms with Gasteiger partial charge in [0.2, 0.25) is 5.91 Å². The fourth-order valence-electron chi connectivity index (χ4n) is 2.48. The quantitative estimate of drug-likeness (QED) is 0.764. The second-order valence-corrected chi connectivity index (χ2v) is 6.23. The number of amides is 1. The van der Waals surface area contributed by atoms with Gasteiger partial charge in [-0.05, 0) is 45.4 Å². The summed E-state index contributed by atoms with van der Waals surface area (Å²) in [5.74, 6) is 0.892. The van der Waals surface area contributed by atoms with E-state index < -0.39 is 5.41 Å². The zero-order valence-corrected chi connectivity index (χ0v) is 11.6. The van der Waals surface area contributed by atoms with Crippen LogP contribution in [0.5, 0.6) is 0 Å². The highest BCUT2D eigenvalue weighted by Crippen LogP contribution is 2.44. The summed E-state index contributed by atoms with van der Waals surface area (Å²) in [4.78, 5) is 15.0. The lowest BCUT2D eigenvalue weighted by Crippen LogP contribution is -2.56. The summed E-state index contributed by atoms with van der Waals surface area (Å²) in [6, 6.07) is 0.245. The first-order chi connectivity index (χ1) is 7.97. The van der Waals surface area contributed by atoms with Crippen LogP contribution >= 0.6 is 12.2 Å². The highest BCUT2D eigenvalue weighted by molar-refractivity contribution is 7.80. The largest absolute Gasteiger partial charge is 0.392 e. The van der Waals surface area contributed by atoms with Gasteiger partial charge in [0.1, 0.15) is 0 Å². The van der Waals surface area contributed by atoms with Crippen molar-refractivity contribution in [1.82, 2.24) is 4.90 Å². The van der Waals surface area contributed by atoms with Gasteiger partial charge in [-0.25, -0.2) is 0 Å². The molecule has 2 rings (SSSR count). The third kappa shape index (κ3) is 2.32. The molecular formula is C13H22N2OS.